The Bertz CT molecular complexity index is 857. The Hall–Kier alpha value is -3.27. The van der Waals surface area contributed by atoms with E-state index in [2.05, 4.69) is 25.7 Å². The van der Waals surface area contributed by atoms with Crippen molar-refractivity contribution < 1.29 is 24.0 Å². The lowest BCUT2D eigenvalue weighted by molar-refractivity contribution is -0.123. The second-order valence-electron chi connectivity index (χ2n) is 7.70. The molecule has 0 spiro atoms. The number of pyridine rings is 1. The highest BCUT2D eigenvalue weighted by molar-refractivity contribution is 5.78. The third kappa shape index (κ3) is 8.46. The molecule has 3 heterocycles. The van der Waals surface area contributed by atoms with Crippen LogP contribution in [-0.4, -0.2) is 70.7 Å². The maximum Gasteiger partial charge on any atom is 0.290 e. The highest BCUT2D eigenvalue weighted by atomic mass is 16.5. The Balaban J connectivity index is 0.00000114. The average molecular weight is 446 g/mol. The van der Waals surface area contributed by atoms with Gasteiger partial charge in [-0.15, -0.1) is 0 Å². The number of carbonyl (C=O) groups is 3. The summed E-state index contributed by atoms with van der Waals surface area (Å²) in [4.78, 5) is 39.2. The molecule has 3 rings (SSSR count). The summed E-state index contributed by atoms with van der Waals surface area (Å²) in [5.74, 6) is 0.549. The number of carbonyl (C=O) groups excluding carboxylic acids is 2. The van der Waals surface area contributed by atoms with Crippen molar-refractivity contribution in [2.75, 3.05) is 20.1 Å². The lowest BCUT2D eigenvalue weighted by Crippen LogP contribution is -2.42. The van der Waals surface area contributed by atoms with Gasteiger partial charge in [0.15, 0.2) is 0 Å². The third-order valence-corrected chi connectivity index (χ3v) is 5.38. The van der Waals surface area contributed by atoms with Gasteiger partial charge < -0.3 is 20.3 Å². The fourth-order valence-electron chi connectivity index (χ4n) is 3.70. The van der Waals surface area contributed by atoms with E-state index in [0.29, 0.717) is 25.3 Å². The molecule has 10 nitrogen and oxygen atoms in total. The SMILES string of the molecule is Cc1cc(CC(=O)NC[C@@H]2CC[C@H](CC(=O)NCCc3ccccn3)N2C)on1.O=CO. The first-order chi connectivity index (χ1) is 15.4. The number of aryl methyl sites for hydroxylation is 1. The second-order valence-corrected chi connectivity index (χ2v) is 7.70. The highest BCUT2D eigenvalue weighted by Crippen LogP contribution is 2.24. The zero-order valence-electron chi connectivity index (χ0n) is 18.5. The number of amides is 2. The van der Waals surface area contributed by atoms with Gasteiger partial charge in [-0.05, 0) is 38.9 Å². The van der Waals surface area contributed by atoms with Gasteiger partial charge in [-0.3, -0.25) is 24.3 Å². The summed E-state index contributed by atoms with van der Waals surface area (Å²) in [6.45, 7) is 2.74. The van der Waals surface area contributed by atoms with Crippen molar-refractivity contribution >= 4 is 18.3 Å². The molecule has 2 aromatic rings. The van der Waals surface area contributed by atoms with Gasteiger partial charge >= 0.3 is 0 Å². The topological polar surface area (TPSA) is 138 Å². The van der Waals surface area contributed by atoms with Crippen LogP contribution in [0.1, 0.15) is 36.4 Å². The molecule has 0 saturated carbocycles. The number of likely N-dealkylation sites (N-methyl/N-ethyl adjacent to an activating group) is 1. The van der Waals surface area contributed by atoms with E-state index < -0.39 is 0 Å². The Labute approximate surface area is 187 Å². The summed E-state index contributed by atoms with van der Waals surface area (Å²) < 4.78 is 5.08. The smallest absolute Gasteiger partial charge is 0.290 e. The fraction of sp³-hybridized carbons (Fsp3) is 0.500. The normalized spacial score (nSPS) is 17.8. The summed E-state index contributed by atoms with van der Waals surface area (Å²) in [5.41, 5.74) is 1.74. The van der Waals surface area contributed by atoms with Crippen LogP contribution in [-0.2, 0) is 27.2 Å². The van der Waals surface area contributed by atoms with Crippen LogP contribution in [0.3, 0.4) is 0 Å². The molecule has 0 unspecified atom stereocenters. The monoisotopic (exact) mass is 445 g/mol. The van der Waals surface area contributed by atoms with Crippen molar-refractivity contribution in [3.8, 4) is 0 Å². The number of carboxylic acid groups (broad SMARTS) is 1. The van der Waals surface area contributed by atoms with E-state index in [1.165, 1.54) is 0 Å². The van der Waals surface area contributed by atoms with E-state index in [9.17, 15) is 9.59 Å². The maximum absolute atomic E-state index is 12.3. The van der Waals surface area contributed by atoms with Crippen molar-refractivity contribution in [2.24, 2.45) is 0 Å². The highest BCUT2D eigenvalue weighted by Gasteiger charge is 2.31. The molecule has 0 aromatic carbocycles. The molecule has 0 bridgehead atoms. The van der Waals surface area contributed by atoms with Crippen molar-refractivity contribution in [3.05, 3.63) is 47.6 Å². The fourth-order valence-corrected chi connectivity index (χ4v) is 3.70. The molecule has 174 valence electrons. The summed E-state index contributed by atoms with van der Waals surface area (Å²) >= 11 is 0. The molecule has 1 fully saturated rings. The Morgan fingerprint density at radius 1 is 1.25 bits per heavy atom. The van der Waals surface area contributed by atoms with Crippen molar-refractivity contribution in [1.82, 2.24) is 25.7 Å². The number of hydrogen-bond donors (Lipinski definition) is 3. The molecule has 0 radical (unpaired) electrons. The molecule has 10 heteroatoms. The predicted molar refractivity (Wildman–Crippen MR) is 117 cm³/mol. The summed E-state index contributed by atoms with van der Waals surface area (Å²) in [7, 11) is 2.02. The van der Waals surface area contributed by atoms with Gasteiger partial charge in [0.05, 0.1) is 12.1 Å². The van der Waals surface area contributed by atoms with Gasteiger partial charge in [-0.1, -0.05) is 11.2 Å². The van der Waals surface area contributed by atoms with Gasteiger partial charge in [0.25, 0.3) is 6.47 Å². The Kier molecular flexibility index (Phi) is 10.3. The van der Waals surface area contributed by atoms with Crippen molar-refractivity contribution in [2.45, 2.75) is 51.1 Å². The zero-order valence-corrected chi connectivity index (χ0v) is 18.5. The van der Waals surface area contributed by atoms with Crippen LogP contribution in [0.4, 0.5) is 0 Å². The summed E-state index contributed by atoms with van der Waals surface area (Å²) in [6, 6.07) is 7.99. The van der Waals surface area contributed by atoms with Gasteiger partial charge in [0.2, 0.25) is 11.8 Å². The molecular formula is C22H31N5O5. The first-order valence-electron chi connectivity index (χ1n) is 10.6. The molecule has 0 aliphatic carbocycles. The van der Waals surface area contributed by atoms with E-state index in [1.807, 2.05) is 32.2 Å². The van der Waals surface area contributed by atoms with E-state index in [1.54, 1.807) is 12.3 Å². The van der Waals surface area contributed by atoms with Gasteiger partial charge in [0.1, 0.15) is 5.76 Å². The second kappa shape index (κ2) is 13.2. The number of nitrogens with one attached hydrogen (secondary N) is 2. The number of aromatic nitrogens is 2. The Morgan fingerprint density at radius 2 is 2.00 bits per heavy atom. The lowest BCUT2D eigenvalue weighted by atomic mass is 10.1. The molecule has 32 heavy (non-hydrogen) atoms. The first-order valence-corrected chi connectivity index (χ1v) is 10.6. The quantitative estimate of drug-likeness (QED) is 0.485. The van der Waals surface area contributed by atoms with Crippen LogP contribution in [0.5, 0.6) is 0 Å². The largest absolute Gasteiger partial charge is 0.483 e. The van der Waals surface area contributed by atoms with Crippen LogP contribution >= 0.6 is 0 Å². The number of likely N-dealkylation sites (tertiary alicyclic amines) is 1. The Morgan fingerprint density at radius 3 is 2.66 bits per heavy atom. The van der Waals surface area contributed by atoms with Crippen molar-refractivity contribution in [3.63, 3.8) is 0 Å². The van der Waals surface area contributed by atoms with Crippen LogP contribution < -0.4 is 10.6 Å². The van der Waals surface area contributed by atoms with Crippen LogP contribution in [0, 0.1) is 6.92 Å². The molecule has 2 amide bonds. The van der Waals surface area contributed by atoms with Gasteiger partial charge in [-0.25, -0.2) is 0 Å². The van der Waals surface area contributed by atoms with Gasteiger partial charge in [0, 0.05) is 56.0 Å². The molecule has 1 aliphatic rings. The predicted octanol–water partition coefficient (Wildman–Crippen LogP) is 0.949. The lowest BCUT2D eigenvalue weighted by Gasteiger charge is -2.25. The minimum atomic E-state index is -0.250. The van der Waals surface area contributed by atoms with E-state index in [4.69, 9.17) is 14.4 Å². The van der Waals surface area contributed by atoms with E-state index in [0.717, 1.165) is 30.7 Å². The minimum absolute atomic E-state index is 0.0585. The molecular weight excluding hydrogens is 414 g/mol. The minimum Gasteiger partial charge on any atom is -0.483 e. The molecule has 1 saturated heterocycles. The molecule has 2 atom stereocenters. The van der Waals surface area contributed by atoms with Crippen LogP contribution in [0.25, 0.3) is 0 Å². The maximum atomic E-state index is 12.3. The first kappa shape index (κ1) is 25.0. The van der Waals surface area contributed by atoms with E-state index in [-0.39, 0.29) is 36.8 Å². The third-order valence-electron chi connectivity index (χ3n) is 5.38. The molecule has 2 aromatic heterocycles. The molecule has 1 aliphatic heterocycles. The summed E-state index contributed by atoms with van der Waals surface area (Å²) in [5, 5.41) is 16.6. The number of rotatable bonds is 9. The average Bonchev–Trinajstić information content (AvgIpc) is 3.33. The number of hydrogen-bond acceptors (Lipinski definition) is 7. The van der Waals surface area contributed by atoms with Crippen LogP contribution in [0.15, 0.2) is 35.0 Å². The number of nitrogens with zero attached hydrogens (tertiary/aromatic N) is 3. The molecule has 3 N–H and O–H groups in total. The standard InChI is InChI=1S/C21H29N5O3.CH2O2/c1-15-11-19(29-25-15)13-21(28)24-14-18-7-6-17(26(18)2)12-20(27)23-10-8-16-5-3-4-9-22-16;2-1-3/h3-5,9,11,17-18H,6-8,10,12-14H2,1-2H3,(H,23,27)(H,24,28);1H,(H,2,3)/t17-,18+;/m1./s1. The van der Waals surface area contributed by atoms with Crippen LogP contribution in [0.2, 0.25) is 0 Å². The zero-order chi connectivity index (χ0) is 23.3. The van der Waals surface area contributed by atoms with E-state index >= 15 is 0 Å². The summed E-state index contributed by atoms with van der Waals surface area (Å²) in [6.07, 6.45) is 5.07. The van der Waals surface area contributed by atoms with Crippen molar-refractivity contribution in [1.29, 1.82) is 0 Å². The van der Waals surface area contributed by atoms with Gasteiger partial charge in [-0.2, -0.15) is 0 Å².